The van der Waals surface area contributed by atoms with Crippen molar-refractivity contribution < 1.29 is 4.79 Å². The number of hydrogen-bond donors (Lipinski definition) is 1. The summed E-state index contributed by atoms with van der Waals surface area (Å²) >= 11 is 1.42. The quantitative estimate of drug-likeness (QED) is 0.818. The van der Waals surface area contributed by atoms with Gasteiger partial charge in [-0.15, -0.1) is 16.4 Å². The molecule has 0 aliphatic carbocycles. The fourth-order valence-electron chi connectivity index (χ4n) is 1.03. The monoisotopic (exact) mass is 223 g/mol. The van der Waals surface area contributed by atoms with Crippen LogP contribution in [-0.2, 0) is 7.05 Å². The number of aryl methyl sites for hydroxylation is 2. The first-order chi connectivity index (χ1) is 7.15. The molecular formula is C8H9N5OS. The van der Waals surface area contributed by atoms with Gasteiger partial charge in [-0.2, -0.15) is 0 Å². The Morgan fingerprint density at radius 2 is 2.40 bits per heavy atom. The van der Waals surface area contributed by atoms with E-state index in [4.69, 9.17) is 0 Å². The fraction of sp³-hybridized carbons (Fsp3) is 0.250. The third kappa shape index (κ3) is 2.18. The Morgan fingerprint density at radius 1 is 1.60 bits per heavy atom. The minimum absolute atomic E-state index is 0.283. The van der Waals surface area contributed by atoms with Gasteiger partial charge in [-0.3, -0.25) is 14.8 Å². The molecule has 1 N–H and O–H groups in total. The average molecular weight is 223 g/mol. The standard InChI is InChI=1S/C8H9N5OS/c1-5-3-9-8(15-5)10-7(14)6-4-13(2)12-11-6/h3-4H,1-2H3,(H,9,10,14). The Labute approximate surface area is 90.0 Å². The normalized spacial score (nSPS) is 10.3. The summed E-state index contributed by atoms with van der Waals surface area (Å²) in [6.07, 6.45) is 3.26. The molecule has 0 fully saturated rings. The zero-order valence-corrected chi connectivity index (χ0v) is 9.08. The predicted molar refractivity (Wildman–Crippen MR) is 55.8 cm³/mol. The summed E-state index contributed by atoms with van der Waals surface area (Å²) in [6, 6.07) is 0. The number of thiazole rings is 1. The zero-order chi connectivity index (χ0) is 10.8. The van der Waals surface area contributed by atoms with Gasteiger partial charge in [0.15, 0.2) is 10.8 Å². The summed E-state index contributed by atoms with van der Waals surface area (Å²) in [7, 11) is 1.71. The van der Waals surface area contributed by atoms with Crippen LogP contribution in [0, 0.1) is 6.92 Å². The number of rotatable bonds is 2. The fourth-order valence-corrected chi connectivity index (χ4v) is 1.68. The molecule has 0 bridgehead atoms. The van der Waals surface area contributed by atoms with E-state index in [1.165, 1.54) is 16.0 Å². The van der Waals surface area contributed by atoms with E-state index in [0.29, 0.717) is 5.13 Å². The second-order valence-corrected chi connectivity index (χ2v) is 4.24. The van der Waals surface area contributed by atoms with Crippen LogP contribution in [0.2, 0.25) is 0 Å². The van der Waals surface area contributed by atoms with Gasteiger partial charge in [0.25, 0.3) is 5.91 Å². The van der Waals surface area contributed by atoms with E-state index >= 15 is 0 Å². The third-order valence-corrected chi connectivity index (χ3v) is 2.51. The Hall–Kier alpha value is -1.76. The maximum absolute atomic E-state index is 11.6. The second kappa shape index (κ2) is 3.77. The second-order valence-electron chi connectivity index (χ2n) is 3.01. The van der Waals surface area contributed by atoms with E-state index in [1.54, 1.807) is 19.4 Å². The number of hydrogen-bond acceptors (Lipinski definition) is 5. The van der Waals surface area contributed by atoms with Gasteiger partial charge in [-0.25, -0.2) is 4.98 Å². The van der Waals surface area contributed by atoms with Crippen molar-refractivity contribution in [1.82, 2.24) is 20.0 Å². The maximum Gasteiger partial charge on any atom is 0.279 e. The number of aromatic nitrogens is 4. The van der Waals surface area contributed by atoms with Crippen molar-refractivity contribution in [2.75, 3.05) is 5.32 Å². The third-order valence-electron chi connectivity index (χ3n) is 1.68. The molecule has 0 radical (unpaired) electrons. The molecule has 2 aromatic rings. The predicted octanol–water partition coefficient (Wildman–Crippen LogP) is 0.832. The molecule has 0 saturated heterocycles. The molecule has 15 heavy (non-hydrogen) atoms. The molecule has 0 spiro atoms. The molecule has 6 nitrogen and oxygen atoms in total. The molecule has 7 heteroatoms. The van der Waals surface area contributed by atoms with Crippen LogP contribution in [0.15, 0.2) is 12.4 Å². The lowest BCUT2D eigenvalue weighted by atomic mass is 10.4. The van der Waals surface area contributed by atoms with Crippen molar-refractivity contribution >= 4 is 22.4 Å². The largest absolute Gasteiger partial charge is 0.296 e. The summed E-state index contributed by atoms with van der Waals surface area (Å²) < 4.78 is 1.47. The molecule has 0 atom stereocenters. The van der Waals surface area contributed by atoms with Gasteiger partial charge in [0.2, 0.25) is 0 Å². The molecule has 1 amide bonds. The van der Waals surface area contributed by atoms with Crippen LogP contribution in [0.3, 0.4) is 0 Å². The number of amides is 1. The lowest BCUT2D eigenvalue weighted by Crippen LogP contribution is -2.12. The van der Waals surface area contributed by atoms with Gasteiger partial charge in [-0.1, -0.05) is 5.21 Å². The Balaban J connectivity index is 2.10. The number of anilines is 1. The topological polar surface area (TPSA) is 72.7 Å². The van der Waals surface area contributed by atoms with Gasteiger partial charge in [0.05, 0.1) is 6.20 Å². The summed E-state index contributed by atoms with van der Waals surface area (Å²) in [5.41, 5.74) is 0.283. The van der Waals surface area contributed by atoms with E-state index in [9.17, 15) is 4.79 Å². The van der Waals surface area contributed by atoms with Crippen molar-refractivity contribution in [2.24, 2.45) is 7.05 Å². The molecule has 0 saturated carbocycles. The Kier molecular flexibility index (Phi) is 2.46. The first kappa shape index (κ1) is 9.78. The smallest absolute Gasteiger partial charge is 0.279 e. The van der Waals surface area contributed by atoms with Crippen LogP contribution in [0.4, 0.5) is 5.13 Å². The molecule has 2 rings (SSSR count). The van der Waals surface area contributed by atoms with Crippen LogP contribution in [0.1, 0.15) is 15.4 Å². The lowest BCUT2D eigenvalue weighted by Gasteiger charge is -1.95. The van der Waals surface area contributed by atoms with E-state index in [0.717, 1.165) is 4.88 Å². The molecule has 0 aliphatic heterocycles. The lowest BCUT2D eigenvalue weighted by molar-refractivity contribution is 0.102. The van der Waals surface area contributed by atoms with Crippen LogP contribution in [0.25, 0.3) is 0 Å². The molecular weight excluding hydrogens is 214 g/mol. The number of nitrogens with one attached hydrogen (secondary N) is 1. The minimum atomic E-state index is -0.294. The van der Waals surface area contributed by atoms with Crippen LogP contribution >= 0.6 is 11.3 Å². The van der Waals surface area contributed by atoms with Gasteiger partial charge >= 0.3 is 0 Å². The van der Waals surface area contributed by atoms with Gasteiger partial charge in [-0.05, 0) is 6.92 Å². The summed E-state index contributed by atoms with van der Waals surface area (Å²) in [6.45, 7) is 1.93. The van der Waals surface area contributed by atoms with Gasteiger partial charge in [0.1, 0.15) is 0 Å². The highest BCUT2D eigenvalue weighted by Gasteiger charge is 2.11. The number of carbonyl (C=O) groups excluding carboxylic acids is 1. The minimum Gasteiger partial charge on any atom is -0.296 e. The first-order valence-electron chi connectivity index (χ1n) is 4.25. The van der Waals surface area contributed by atoms with Crippen LogP contribution in [-0.4, -0.2) is 25.9 Å². The van der Waals surface area contributed by atoms with E-state index in [1.807, 2.05) is 6.92 Å². The molecule has 0 unspecified atom stereocenters. The Morgan fingerprint density at radius 3 is 2.93 bits per heavy atom. The first-order valence-corrected chi connectivity index (χ1v) is 5.07. The van der Waals surface area contributed by atoms with E-state index < -0.39 is 0 Å². The molecule has 2 heterocycles. The zero-order valence-electron chi connectivity index (χ0n) is 8.26. The van der Waals surface area contributed by atoms with Crippen molar-refractivity contribution in [1.29, 1.82) is 0 Å². The highest BCUT2D eigenvalue weighted by molar-refractivity contribution is 7.15. The van der Waals surface area contributed by atoms with Crippen molar-refractivity contribution in [3.05, 3.63) is 23.0 Å². The van der Waals surface area contributed by atoms with Crippen molar-refractivity contribution in [2.45, 2.75) is 6.92 Å². The highest BCUT2D eigenvalue weighted by Crippen LogP contribution is 2.16. The van der Waals surface area contributed by atoms with Gasteiger partial charge < -0.3 is 0 Å². The number of carbonyl (C=O) groups is 1. The Bertz CT molecular complexity index is 489. The molecule has 0 aromatic carbocycles. The van der Waals surface area contributed by atoms with Crippen molar-refractivity contribution in [3.63, 3.8) is 0 Å². The molecule has 78 valence electrons. The van der Waals surface area contributed by atoms with Crippen LogP contribution in [0.5, 0.6) is 0 Å². The van der Waals surface area contributed by atoms with Gasteiger partial charge in [0, 0.05) is 18.1 Å². The molecule has 0 aliphatic rings. The van der Waals surface area contributed by atoms with E-state index in [-0.39, 0.29) is 11.6 Å². The van der Waals surface area contributed by atoms with Crippen molar-refractivity contribution in [3.8, 4) is 0 Å². The summed E-state index contributed by atoms with van der Waals surface area (Å²) in [4.78, 5) is 16.6. The van der Waals surface area contributed by atoms with Crippen LogP contribution < -0.4 is 5.32 Å². The molecule has 2 aromatic heterocycles. The average Bonchev–Trinajstić information content (AvgIpc) is 2.75. The summed E-state index contributed by atoms with van der Waals surface area (Å²) in [5, 5.41) is 10.6. The summed E-state index contributed by atoms with van der Waals surface area (Å²) in [5.74, 6) is -0.294. The van der Waals surface area contributed by atoms with E-state index in [2.05, 4.69) is 20.6 Å². The number of nitrogens with zero attached hydrogens (tertiary/aromatic N) is 4. The highest BCUT2D eigenvalue weighted by atomic mass is 32.1. The SMILES string of the molecule is Cc1cnc(NC(=O)c2cn(C)nn2)s1. The maximum atomic E-state index is 11.6.